The first-order valence-electron chi connectivity index (χ1n) is 10.2. The quantitative estimate of drug-likeness (QED) is 0.545. The van der Waals surface area contributed by atoms with Gasteiger partial charge in [0.05, 0.1) is 26.0 Å². The Hall–Kier alpha value is -1.89. The summed E-state index contributed by atoms with van der Waals surface area (Å²) in [5.74, 6) is 0. The average molecular weight is 446 g/mol. The molecule has 0 amide bonds. The molecule has 0 bridgehead atoms. The van der Waals surface area contributed by atoms with Gasteiger partial charge in [0, 0.05) is 46.7 Å². The maximum Gasteiger partial charge on any atom is 0.158 e. The van der Waals surface area contributed by atoms with Gasteiger partial charge in [-0.25, -0.2) is 4.98 Å². The molecule has 0 aliphatic carbocycles. The number of nitrogens with zero attached hydrogens (tertiary/aromatic N) is 3. The standard InChI is InChI=1S/C23H27Cl2N4O/c24-20-6-7-21(22(25)14-20)23(30,16-28-11-8-27-18-28)17-29(12-9-26-10-13-29)15-19-4-2-1-3-5-19/h1-8,11,14,18,26,30H,9-10,12-13,15-17H2/q+1. The third kappa shape index (κ3) is 4.88. The molecule has 5 nitrogen and oxygen atoms in total. The predicted octanol–water partition coefficient (Wildman–Crippen LogP) is 3.70. The number of nitrogens with one attached hydrogen (secondary N) is 1. The number of halogens is 2. The molecular weight excluding hydrogens is 419 g/mol. The highest BCUT2D eigenvalue weighted by Gasteiger charge is 2.43. The minimum absolute atomic E-state index is 0.372. The number of imidazole rings is 1. The smallest absolute Gasteiger partial charge is 0.158 e. The molecular formula is C23H27Cl2N4O+. The van der Waals surface area contributed by atoms with E-state index in [1.54, 1.807) is 24.7 Å². The van der Waals surface area contributed by atoms with Crippen LogP contribution in [0.25, 0.3) is 0 Å². The van der Waals surface area contributed by atoms with Crippen molar-refractivity contribution in [1.82, 2.24) is 14.9 Å². The summed E-state index contributed by atoms with van der Waals surface area (Å²) < 4.78 is 2.69. The molecule has 1 unspecified atom stereocenters. The van der Waals surface area contributed by atoms with E-state index in [9.17, 15) is 5.11 Å². The van der Waals surface area contributed by atoms with E-state index in [0.717, 1.165) is 37.2 Å². The van der Waals surface area contributed by atoms with Crippen LogP contribution in [0.2, 0.25) is 10.0 Å². The third-order valence-electron chi connectivity index (χ3n) is 5.92. The van der Waals surface area contributed by atoms with Gasteiger partial charge in [0.2, 0.25) is 0 Å². The highest BCUT2D eigenvalue weighted by molar-refractivity contribution is 6.35. The summed E-state index contributed by atoms with van der Waals surface area (Å²) in [6.07, 6.45) is 5.32. The van der Waals surface area contributed by atoms with Crippen molar-refractivity contribution in [2.45, 2.75) is 18.7 Å². The van der Waals surface area contributed by atoms with Crippen molar-refractivity contribution in [3.05, 3.63) is 88.4 Å². The molecule has 1 aliphatic heterocycles. The molecule has 1 fully saturated rings. The van der Waals surface area contributed by atoms with Crippen molar-refractivity contribution in [2.75, 3.05) is 32.7 Å². The Labute approximate surface area is 187 Å². The SMILES string of the molecule is OC(Cn1ccnc1)(C[N+]1(Cc2ccccc2)CCNCC1)c1ccc(Cl)cc1Cl. The fraction of sp³-hybridized carbons (Fsp3) is 0.348. The molecule has 4 rings (SSSR count). The fourth-order valence-corrected chi connectivity index (χ4v) is 5.12. The van der Waals surface area contributed by atoms with E-state index in [0.29, 0.717) is 28.7 Å². The number of rotatable bonds is 7. The summed E-state index contributed by atoms with van der Waals surface area (Å²) in [4.78, 5) is 4.15. The molecule has 0 saturated carbocycles. The van der Waals surface area contributed by atoms with E-state index in [1.165, 1.54) is 5.56 Å². The number of piperazine rings is 1. The summed E-state index contributed by atoms with van der Waals surface area (Å²) >= 11 is 12.7. The van der Waals surface area contributed by atoms with Crippen molar-refractivity contribution < 1.29 is 9.59 Å². The number of hydrogen-bond acceptors (Lipinski definition) is 3. The molecule has 1 aliphatic rings. The lowest BCUT2D eigenvalue weighted by atomic mass is 9.90. The first kappa shape index (κ1) is 21.3. The summed E-state index contributed by atoms with van der Waals surface area (Å²) in [6, 6.07) is 15.8. The van der Waals surface area contributed by atoms with Crippen molar-refractivity contribution in [3.63, 3.8) is 0 Å². The van der Waals surface area contributed by atoms with Crippen LogP contribution in [0.4, 0.5) is 0 Å². The number of hydrogen-bond donors (Lipinski definition) is 2. The van der Waals surface area contributed by atoms with Crippen LogP contribution in [0.5, 0.6) is 0 Å². The van der Waals surface area contributed by atoms with E-state index in [4.69, 9.17) is 23.2 Å². The third-order valence-corrected chi connectivity index (χ3v) is 6.47. The van der Waals surface area contributed by atoms with Gasteiger partial charge in [0.1, 0.15) is 13.1 Å². The van der Waals surface area contributed by atoms with Gasteiger partial charge in [-0.05, 0) is 12.1 Å². The Morgan fingerprint density at radius 1 is 1.10 bits per heavy atom. The van der Waals surface area contributed by atoms with E-state index < -0.39 is 5.60 Å². The Kier molecular flexibility index (Phi) is 6.46. The van der Waals surface area contributed by atoms with Crippen molar-refractivity contribution >= 4 is 23.2 Å². The zero-order chi connectivity index (χ0) is 21.0. The van der Waals surface area contributed by atoms with E-state index >= 15 is 0 Å². The van der Waals surface area contributed by atoms with E-state index in [2.05, 4.69) is 34.6 Å². The van der Waals surface area contributed by atoms with Crippen LogP contribution in [0.1, 0.15) is 11.1 Å². The number of quaternary nitrogens is 1. The van der Waals surface area contributed by atoms with Gasteiger partial charge in [0.15, 0.2) is 5.60 Å². The van der Waals surface area contributed by atoms with Crippen LogP contribution in [0.15, 0.2) is 67.3 Å². The van der Waals surface area contributed by atoms with Crippen LogP contribution in [0, 0.1) is 0 Å². The summed E-state index contributed by atoms with van der Waals surface area (Å²) in [6.45, 7) is 5.49. The first-order chi connectivity index (χ1) is 14.5. The van der Waals surface area contributed by atoms with Crippen LogP contribution in [-0.4, -0.2) is 51.9 Å². The van der Waals surface area contributed by atoms with Crippen LogP contribution < -0.4 is 5.32 Å². The lowest BCUT2D eigenvalue weighted by Crippen LogP contribution is -2.63. The van der Waals surface area contributed by atoms with Gasteiger partial charge in [-0.15, -0.1) is 0 Å². The fourth-order valence-electron chi connectivity index (χ4n) is 4.54. The topological polar surface area (TPSA) is 50.1 Å². The lowest BCUT2D eigenvalue weighted by Gasteiger charge is -2.46. The van der Waals surface area contributed by atoms with Crippen LogP contribution in [0.3, 0.4) is 0 Å². The molecule has 1 saturated heterocycles. The molecule has 158 valence electrons. The number of aromatic nitrogens is 2. The highest BCUT2D eigenvalue weighted by Crippen LogP contribution is 2.35. The molecule has 2 heterocycles. The molecule has 2 N–H and O–H groups in total. The van der Waals surface area contributed by atoms with Gasteiger partial charge in [-0.1, -0.05) is 59.6 Å². The zero-order valence-electron chi connectivity index (χ0n) is 16.8. The van der Waals surface area contributed by atoms with Crippen LogP contribution >= 0.6 is 23.2 Å². The van der Waals surface area contributed by atoms with Gasteiger partial charge in [0.25, 0.3) is 0 Å². The molecule has 1 atom stereocenters. The van der Waals surface area contributed by atoms with Crippen molar-refractivity contribution in [3.8, 4) is 0 Å². The van der Waals surface area contributed by atoms with Crippen molar-refractivity contribution in [1.29, 1.82) is 0 Å². The zero-order valence-corrected chi connectivity index (χ0v) is 18.4. The Morgan fingerprint density at radius 3 is 2.53 bits per heavy atom. The second-order valence-electron chi connectivity index (χ2n) is 8.23. The Balaban J connectivity index is 1.72. The van der Waals surface area contributed by atoms with Crippen molar-refractivity contribution in [2.24, 2.45) is 0 Å². The molecule has 0 radical (unpaired) electrons. The second-order valence-corrected chi connectivity index (χ2v) is 9.08. The molecule has 3 aromatic rings. The van der Waals surface area contributed by atoms with E-state index in [1.807, 2.05) is 22.9 Å². The van der Waals surface area contributed by atoms with Gasteiger partial charge in [-0.3, -0.25) is 0 Å². The predicted molar refractivity (Wildman–Crippen MR) is 120 cm³/mol. The minimum Gasteiger partial charge on any atom is -0.377 e. The normalized spacial score (nSPS) is 18.1. The molecule has 2 aromatic carbocycles. The monoisotopic (exact) mass is 445 g/mol. The molecule has 7 heteroatoms. The first-order valence-corrected chi connectivity index (χ1v) is 11.0. The maximum atomic E-state index is 12.1. The van der Waals surface area contributed by atoms with Crippen LogP contribution in [-0.2, 0) is 18.7 Å². The van der Waals surface area contributed by atoms with Gasteiger partial charge >= 0.3 is 0 Å². The molecule has 30 heavy (non-hydrogen) atoms. The summed E-state index contributed by atoms with van der Waals surface area (Å²) in [5.41, 5.74) is 0.798. The number of aliphatic hydroxyl groups is 1. The molecule has 0 spiro atoms. The van der Waals surface area contributed by atoms with E-state index in [-0.39, 0.29) is 0 Å². The number of benzene rings is 2. The van der Waals surface area contributed by atoms with Gasteiger partial charge in [-0.2, -0.15) is 0 Å². The lowest BCUT2D eigenvalue weighted by molar-refractivity contribution is -0.948. The average Bonchev–Trinajstić information content (AvgIpc) is 3.21. The second kappa shape index (κ2) is 9.08. The van der Waals surface area contributed by atoms with Gasteiger partial charge < -0.3 is 19.5 Å². The maximum absolute atomic E-state index is 12.1. The summed E-state index contributed by atoms with van der Waals surface area (Å²) in [5, 5.41) is 16.6. The Bertz CT molecular complexity index is 959. The molecule has 1 aromatic heterocycles. The minimum atomic E-state index is -1.17. The summed E-state index contributed by atoms with van der Waals surface area (Å²) in [7, 11) is 0. The highest BCUT2D eigenvalue weighted by atomic mass is 35.5. The largest absolute Gasteiger partial charge is 0.377 e. The Morgan fingerprint density at radius 2 is 1.87 bits per heavy atom.